The molecule has 0 heterocycles. The number of carbonyl (C=O) groups excluding carboxylic acids is 2. The third kappa shape index (κ3) is 7.75. The Morgan fingerprint density at radius 2 is 1.80 bits per heavy atom. The second kappa shape index (κ2) is 12.5. The van der Waals surface area contributed by atoms with Crippen LogP contribution in [-0.2, 0) is 9.59 Å². The third-order valence-corrected chi connectivity index (χ3v) is 4.19. The molecule has 2 aromatic carbocycles. The monoisotopic (exact) mass is 431 g/mol. The zero-order chi connectivity index (χ0) is 21.8. The molecule has 7 nitrogen and oxygen atoms in total. The lowest BCUT2D eigenvalue weighted by Gasteiger charge is -2.11. The van der Waals surface area contributed by atoms with Crippen LogP contribution in [-0.4, -0.2) is 31.2 Å². The van der Waals surface area contributed by atoms with Gasteiger partial charge in [-0.2, -0.15) is 5.10 Å². The van der Waals surface area contributed by atoms with Gasteiger partial charge >= 0.3 is 0 Å². The van der Waals surface area contributed by atoms with E-state index in [0.29, 0.717) is 35.4 Å². The van der Waals surface area contributed by atoms with Crippen LogP contribution in [0.5, 0.6) is 11.5 Å². The number of para-hydroxylation sites is 1. The number of hydrazone groups is 1. The maximum Gasteiger partial charge on any atom is 0.240 e. The molecule has 0 saturated heterocycles. The van der Waals surface area contributed by atoms with E-state index in [1.54, 1.807) is 30.3 Å². The fourth-order valence-electron chi connectivity index (χ4n) is 2.44. The number of nitrogens with one attached hydrogen (secondary N) is 2. The number of halogens is 1. The van der Waals surface area contributed by atoms with E-state index in [2.05, 4.69) is 15.8 Å². The summed E-state index contributed by atoms with van der Waals surface area (Å²) in [7, 11) is 0. The molecule has 0 aromatic heterocycles. The zero-order valence-corrected chi connectivity index (χ0v) is 17.9. The molecule has 0 atom stereocenters. The smallest absolute Gasteiger partial charge is 0.240 e. The van der Waals surface area contributed by atoms with Crippen LogP contribution >= 0.6 is 11.6 Å². The molecule has 0 spiro atoms. The van der Waals surface area contributed by atoms with E-state index >= 15 is 0 Å². The van der Waals surface area contributed by atoms with Gasteiger partial charge in [-0.1, -0.05) is 30.7 Å². The van der Waals surface area contributed by atoms with Gasteiger partial charge < -0.3 is 14.8 Å². The minimum Gasteiger partial charge on any atom is -0.490 e. The lowest BCUT2D eigenvalue weighted by atomic mass is 10.2. The first-order valence-corrected chi connectivity index (χ1v) is 10.2. The highest BCUT2D eigenvalue weighted by Crippen LogP contribution is 2.28. The van der Waals surface area contributed by atoms with Gasteiger partial charge in [0.05, 0.1) is 30.1 Å². The summed E-state index contributed by atoms with van der Waals surface area (Å²) in [4.78, 5) is 23.9. The van der Waals surface area contributed by atoms with Gasteiger partial charge in [0.25, 0.3) is 0 Å². The normalized spacial score (nSPS) is 10.6. The van der Waals surface area contributed by atoms with Crippen LogP contribution in [0.3, 0.4) is 0 Å². The number of anilines is 1. The summed E-state index contributed by atoms with van der Waals surface area (Å²) in [6.45, 7) is 5.04. The molecule has 2 amide bonds. The van der Waals surface area contributed by atoms with Crippen molar-refractivity contribution in [3.63, 3.8) is 0 Å². The third-order valence-electron chi connectivity index (χ3n) is 3.86. The topological polar surface area (TPSA) is 89.0 Å². The second-order valence-electron chi connectivity index (χ2n) is 6.31. The van der Waals surface area contributed by atoms with Gasteiger partial charge in [0.15, 0.2) is 11.5 Å². The van der Waals surface area contributed by atoms with E-state index < -0.39 is 0 Å². The van der Waals surface area contributed by atoms with Crippen molar-refractivity contribution in [2.45, 2.75) is 33.1 Å². The van der Waals surface area contributed by atoms with E-state index in [-0.39, 0.29) is 24.7 Å². The van der Waals surface area contributed by atoms with E-state index in [4.69, 9.17) is 21.1 Å². The lowest BCUT2D eigenvalue weighted by Crippen LogP contribution is -2.20. The lowest BCUT2D eigenvalue weighted by molar-refractivity contribution is -0.124. The maximum atomic E-state index is 12.0. The van der Waals surface area contributed by atoms with Crippen molar-refractivity contribution in [2.75, 3.05) is 18.5 Å². The predicted molar refractivity (Wildman–Crippen MR) is 118 cm³/mol. The van der Waals surface area contributed by atoms with Crippen LogP contribution in [0.2, 0.25) is 5.02 Å². The van der Waals surface area contributed by atoms with Crippen LogP contribution in [0, 0.1) is 0 Å². The van der Waals surface area contributed by atoms with Gasteiger partial charge in [0.1, 0.15) is 0 Å². The molecule has 0 aliphatic carbocycles. The first-order chi connectivity index (χ1) is 14.5. The summed E-state index contributed by atoms with van der Waals surface area (Å²) in [5.74, 6) is 0.627. The van der Waals surface area contributed by atoms with Gasteiger partial charge in [0, 0.05) is 12.8 Å². The summed E-state index contributed by atoms with van der Waals surface area (Å²) in [5, 5.41) is 7.05. The number of carbonyl (C=O) groups is 2. The van der Waals surface area contributed by atoms with Crippen molar-refractivity contribution in [3.8, 4) is 11.5 Å². The molecule has 0 aliphatic heterocycles. The first kappa shape index (κ1) is 23.2. The van der Waals surface area contributed by atoms with Crippen molar-refractivity contribution in [2.24, 2.45) is 5.10 Å². The highest BCUT2D eigenvalue weighted by atomic mass is 35.5. The first-order valence-electron chi connectivity index (χ1n) is 9.79. The molecule has 0 bridgehead atoms. The fourth-order valence-corrected chi connectivity index (χ4v) is 2.62. The van der Waals surface area contributed by atoms with Gasteiger partial charge in [0.2, 0.25) is 11.8 Å². The minimum absolute atomic E-state index is 0.00160. The Morgan fingerprint density at radius 3 is 2.53 bits per heavy atom. The quantitative estimate of drug-likeness (QED) is 0.407. The number of amides is 2. The molecule has 8 heteroatoms. The minimum atomic E-state index is -0.367. The molecule has 0 unspecified atom stereocenters. The van der Waals surface area contributed by atoms with Gasteiger partial charge in [-0.3, -0.25) is 9.59 Å². The summed E-state index contributed by atoms with van der Waals surface area (Å²) in [5.41, 5.74) is 3.68. The van der Waals surface area contributed by atoms with Crippen molar-refractivity contribution < 1.29 is 19.1 Å². The van der Waals surface area contributed by atoms with Crippen LogP contribution in [0.4, 0.5) is 5.69 Å². The van der Waals surface area contributed by atoms with Crippen LogP contribution in [0.1, 0.15) is 38.7 Å². The standard InChI is InChI=1S/C22H26ClN3O4/c1-3-13-30-19-10-9-16(14-20(19)29-4-2)15-24-26-22(28)12-11-21(27)25-18-8-6-5-7-17(18)23/h5-10,14-15H,3-4,11-13H2,1-2H3,(H,25,27)(H,26,28). The molecular weight excluding hydrogens is 406 g/mol. The molecule has 0 aliphatic rings. The van der Waals surface area contributed by atoms with Crippen LogP contribution < -0.4 is 20.2 Å². The molecule has 2 aromatic rings. The summed E-state index contributed by atoms with van der Waals surface area (Å²) >= 11 is 5.99. The number of benzene rings is 2. The number of ether oxygens (including phenoxy) is 2. The largest absolute Gasteiger partial charge is 0.490 e. The van der Waals surface area contributed by atoms with Crippen molar-refractivity contribution in [1.29, 1.82) is 0 Å². The molecule has 30 heavy (non-hydrogen) atoms. The number of nitrogens with zero attached hydrogens (tertiary/aromatic N) is 1. The molecule has 2 N–H and O–H groups in total. The maximum absolute atomic E-state index is 12.0. The molecular formula is C22H26ClN3O4. The average molecular weight is 432 g/mol. The summed E-state index contributed by atoms with van der Waals surface area (Å²) in [6, 6.07) is 12.3. The average Bonchev–Trinajstić information content (AvgIpc) is 2.73. The Balaban J connectivity index is 1.82. The highest BCUT2D eigenvalue weighted by Gasteiger charge is 2.09. The Morgan fingerprint density at radius 1 is 1.03 bits per heavy atom. The number of rotatable bonds is 11. The molecule has 2 rings (SSSR count). The predicted octanol–water partition coefficient (Wildman–Crippen LogP) is 4.40. The fraction of sp³-hybridized carbons (Fsp3) is 0.318. The van der Waals surface area contributed by atoms with Gasteiger partial charge in [-0.05, 0) is 49.2 Å². The molecule has 0 fully saturated rings. The summed E-state index contributed by atoms with van der Waals surface area (Å²) in [6.07, 6.45) is 2.43. The number of hydrogen-bond donors (Lipinski definition) is 2. The highest BCUT2D eigenvalue weighted by molar-refractivity contribution is 6.33. The Bertz CT molecular complexity index is 886. The van der Waals surface area contributed by atoms with E-state index in [1.165, 1.54) is 6.21 Å². The van der Waals surface area contributed by atoms with Gasteiger partial charge in [-0.15, -0.1) is 0 Å². The van der Waals surface area contributed by atoms with Crippen molar-refractivity contribution in [1.82, 2.24) is 5.43 Å². The second-order valence-corrected chi connectivity index (χ2v) is 6.72. The SMILES string of the molecule is CCCOc1ccc(C=NNC(=O)CCC(=O)Nc2ccccc2Cl)cc1OCC. The Hall–Kier alpha value is -3.06. The van der Waals surface area contributed by atoms with E-state index in [0.717, 1.165) is 12.0 Å². The van der Waals surface area contributed by atoms with Crippen molar-refractivity contribution in [3.05, 3.63) is 53.1 Å². The number of hydrogen-bond acceptors (Lipinski definition) is 5. The molecule has 0 saturated carbocycles. The van der Waals surface area contributed by atoms with Gasteiger partial charge in [-0.25, -0.2) is 5.43 Å². The Kier molecular flexibility index (Phi) is 9.67. The van der Waals surface area contributed by atoms with Crippen molar-refractivity contribution >= 4 is 35.3 Å². The molecule has 160 valence electrons. The van der Waals surface area contributed by atoms with E-state index in [9.17, 15) is 9.59 Å². The Labute approximate surface area is 181 Å². The molecule has 0 radical (unpaired) electrons. The summed E-state index contributed by atoms with van der Waals surface area (Å²) < 4.78 is 11.3. The van der Waals surface area contributed by atoms with Crippen LogP contribution in [0.25, 0.3) is 0 Å². The van der Waals surface area contributed by atoms with E-state index in [1.807, 2.05) is 26.0 Å². The van der Waals surface area contributed by atoms with Crippen LogP contribution in [0.15, 0.2) is 47.6 Å². The zero-order valence-electron chi connectivity index (χ0n) is 17.1.